The van der Waals surface area contributed by atoms with E-state index in [0.29, 0.717) is 0 Å². The molecule has 0 aliphatic heterocycles. The van der Waals surface area contributed by atoms with Crippen molar-refractivity contribution in [2.24, 2.45) is 0 Å². The van der Waals surface area contributed by atoms with Crippen molar-refractivity contribution in [1.82, 2.24) is 0 Å². The van der Waals surface area contributed by atoms with Crippen LogP contribution in [0.25, 0.3) is 0 Å². The molecule has 3 nitrogen and oxygen atoms in total. The number of hydrogen-bond acceptors (Lipinski definition) is 3. The second-order valence-electron chi connectivity index (χ2n) is 2.28. The second kappa shape index (κ2) is 5.07. The molecule has 2 atom stereocenters. The zero-order valence-electron chi connectivity index (χ0n) is 6.57. The lowest BCUT2D eigenvalue weighted by atomic mass is 10.1. The molecule has 0 fully saturated rings. The molecule has 0 heterocycles. The second-order valence-corrected chi connectivity index (χ2v) is 2.28. The maximum Gasteiger partial charge on any atom is 0.106 e. The molecule has 0 saturated carbocycles. The highest BCUT2D eigenvalue weighted by atomic mass is 16.3. The monoisotopic (exact) mass is 158 g/mol. The molecule has 0 aromatic carbocycles. The number of aliphatic hydroxyl groups excluding tert-OH is 3. The summed E-state index contributed by atoms with van der Waals surface area (Å²) >= 11 is 0. The Morgan fingerprint density at radius 3 is 2.45 bits per heavy atom. The Hall–Kier alpha value is -0.640. The van der Waals surface area contributed by atoms with Gasteiger partial charge in [0.05, 0.1) is 6.61 Å². The number of hydrogen-bond donors (Lipinski definition) is 3. The lowest BCUT2D eigenvalue weighted by Crippen LogP contribution is -2.26. The van der Waals surface area contributed by atoms with Gasteiger partial charge in [0.2, 0.25) is 0 Å². The van der Waals surface area contributed by atoms with Crippen LogP contribution in [0.15, 0.2) is 24.3 Å². The molecule has 3 N–H and O–H groups in total. The average Bonchev–Trinajstić information content (AvgIpc) is 2.02. The van der Waals surface area contributed by atoms with Crippen LogP contribution in [0.2, 0.25) is 0 Å². The van der Waals surface area contributed by atoms with Crippen LogP contribution in [0, 0.1) is 0 Å². The van der Waals surface area contributed by atoms with Crippen LogP contribution in [0.4, 0.5) is 0 Å². The maximum absolute atomic E-state index is 9.16. The third-order valence-corrected chi connectivity index (χ3v) is 1.33. The van der Waals surface area contributed by atoms with E-state index >= 15 is 0 Å². The first-order valence-electron chi connectivity index (χ1n) is 3.41. The molecule has 2 unspecified atom stereocenters. The van der Waals surface area contributed by atoms with Crippen LogP contribution in [0.3, 0.4) is 0 Å². The van der Waals surface area contributed by atoms with Crippen molar-refractivity contribution < 1.29 is 15.3 Å². The fraction of sp³-hybridized carbons (Fsp3) is 0.500. The first kappa shape index (κ1) is 10.4. The Morgan fingerprint density at radius 1 is 1.55 bits per heavy atom. The van der Waals surface area contributed by atoms with Crippen molar-refractivity contribution in [3.05, 3.63) is 24.3 Å². The zero-order valence-corrected chi connectivity index (χ0v) is 6.57. The van der Waals surface area contributed by atoms with Gasteiger partial charge in [-0.05, 0) is 12.5 Å². The van der Waals surface area contributed by atoms with E-state index in [1.165, 1.54) is 6.08 Å². The largest absolute Gasteiger partial charge is 0.392 e. The Labute approximate surface area is 66.3 Å². The summed E-state index contributed by atoms with van der Waals surface area (Å²) in [6.07, 6.45) is 1.01. The molecule has 0 aliphatic rings. The molecular formula is C8H14O3. The standard InChI is InChI=1S/C8H14O3/c1-3-4-7(10)8(11)6(2)5-9/h3-4,7-11H,2,5H2,1H3. The van der Waals surface area contributed by atoms with E-state index in [9.17, 15) is 0 Å². The number of rotatable bonds is 4. The predicted molar refractivity (Wildman–Crippen MR) is 43.1 cm³/mol. The molecular weight excluding hydrogens is 144 g/mol. The van der Waals surface area contributed by atoms with Crippen LogP contribution in [-0.2, 0) is 0 Å². The normalized spacial score (nSPS) is 16.7. The van der Waals surface area contributed by atoms with Crippen molar-refractivity contribution in [3.8, 4) is 0 Å². The van der Waals surface area contributed by atoms with Gasteiger partial charge in [0.1, 0.15) is 12.2 Å². The van der Waals surface area contributed by atoms with Gasteiger partial charge in [0, 0.05) is 0 Å². The molecule has 0 rings (SSSR count). The van der Waals surface area contributed by atoms with Gasteiger partial charge in [-0.2, -0.15) is 0 Å². The van der Waals surface area contributed by atoms with Gasteiger partial charge in [-0.3, -0.25) is 0 Å². The Kier molecular flexibility index (Phi) is 4.77. The molecule has 0 aromatic heterocycles. The molecule has 64 valence electrons. The smallest absolute Gasteiger partial charge is 0.106 e. The molecule has 0 aromatic rings. The molecule has 0 spiro atoms. The topological polar surface area (TPSA) is 60.7 Å². The average molecular weight is 158 g/mol. The van der Waals surface area contributed by atoms with E-state index in [0.717, 1.165) is 0 Å². The highest BCUT2D eigenvalue weighted by Gasteiger charge is 2.14. The van der Waals surface area contributed by atoms with E-state index in [1.807, 2.05) is 0 Å². The van der Waals surface area contributed by atoms with Crippen LogP contribution >= 0.6 is 0 Å². The van der Waals surface area contributed by atoms with Gasteiger partial charge in [0.15, 0.2) is 0 Å². The lowest BCUT2D eigenvalue weighted by molar-refractivity contribution is 0.0658. The summed E-state index contributed by atoms with van der Waals surface area (Å²) in [4.78, 5) is 0. The summed E-state index contributed by atoms with van der Waals surface area (Å²) in [5.74, 6) is 0. The predicted octanol–water partition coefficient (Wildman–Crippen LogP) is -0.167. The van der Waals surface area contributed by atoms with Crippen molar-refractivity contribution in [3.63, 3.8) is 0 Å². The SMILES string of the molecule is C=C(CO)C(O)C(O)C=CC. The Bertz CT molecular complexity index is 151. The van der Waals surface area contributed by atoms with Gasteiger partial charge in [-0.15, -0.1) is 0 Å². The fourth-order valence-corrected chi connectivity index (χ4v) is 0.637. The molecule has 0 radical (unpaired) electrons. The van der Waals surface area contributed by atoms with E-state index in [4.69, 9.17) is 15.3 Å². The van der Waals surface area contributed by atoms with E-state index in [-0.39, 0.29) is 12.2 Å². The summed E-state index contributed by atoms with van der Waals surface area (Å²) < 4.78 is 0. The van der Waals surface area contributed by atoms with Gasteiger partial charge < -0.3 is 15.3 Å². The van der Waals surface area contributed by atoms with Crippen molar-refractivity contribution in [2.75, 3.05) is 6.61 Å². The van der Waals surface area contributed by atoms with Crippen LogP contribution in [0.5, 0.6) is 0 Å². The minimum absolute atomic E-state index is 0.218. The van der Waals surface area contributed by atoms with Crippen LogP contribution < -0.4 is 0 Å². The van der Waals surface area contributed by atoms with E-state index < -0.39 is 12.2 Å². The van der Waals surface area contributed by atoms with Gasteiger partial charge in [0.25, 0.3) is 0 Å². The highest BCUT2D eigenvalue weighted by Crippen LogP contribution is 2.04. The summed E-state index contributed by atoms with van der Waals surface area (Å²) in [6.45, 7) is 4.81. The maximum atomic E-state index is 9.16. The first-order chi connectivity index (χ1) is 5.13. The van der Waals surface area contributed by atoms with Crippen LogP contribution in [0.1, 0.15) is 6.92 Å². The molecule has 0 saturated heterocycles. The first-order valence-corrected chi connectivity index (χ1v) is 3.41. The summed E-state index contributed by atoms with van der Waals surface area (Å²) in [7, 11) is 0. The quantitative estimate of drug-likeness (QED) is 0.498. The number of allylic oxidation sites excluding steroid dienone is 1. The van der Waals surface area contributed by atoms with Gasteiger partial charge in [-0.25, -0.2) is 0 Å². The van der Waals surface area contributed by atoms with Gasteiger partial charge >= 0.3 is 0 Å². The molecule has 0 aliphatic carbocycles. The third kappa shape index (κ3) is 3.32. The minimum atomic E-state index is -1.07. The zero-order chi connectivity index (χ0) is 8.85. The van der Waals surface area contributed by atoms with Crippen LogP contribution in [-0.4, -0.2) is 34.1 Å². The summed E-state index contributed by atoms with van der Waals surface area (Å²) in [5, 5.41) is 26.8. The van der Waals surface area contributed by atoms with E-state index in [2.05, 4.69) is 6.58 Å². The summed E-state index contributed by atoms with van der Waals surface area (Å²) in [5.41, 5.74) is 0.218. The molecule has 0 bridgehead atoms. The molecule has 3 heteroatoms. The highest BCUT2D eigenvalue weighted by molar-refractivity contribution is 5.08. The third-order valence-electron chi connectivity index (χ3n) is 1.33. The van der Waals surface area contributed by atoms with Gasteiger partial charge in [-0.1, -0.05) is 18.7 Å². The molecule has 0 amide bonds. The lowest BCUT2D eigenvalue weighted by Gasteiger charge is -2.14. The van der Waals surface area contributed by atoms with Crippen molar-refractivity contribution in [2.45, 2.75) is 19.1 Å². The fourth-order valence-electron chi connectivity index (χ4n) is 0.637. The minimum Gasteiger partial charge on any atom is -0.392 e. The molecule has 11 heavy (non-hydrogen) atoms. The van der Waals surface area contributed by atoms with Crippen molar-refractivity contribution >= 4 is 0 Å². The van der Waals surface area contributed by atoms with Crippen molar-refractivity contribution in [1.29, 1.82) is 0 Å². The van der Waals surface area contributed by atoms with E-state index in [1.54, 1.807) is 13.0 Å². The Balaban J connectivity index is 4.01. The number of aliphatic hydroxyl groups is 3. The summed E-state index contributed by atoms with van der Waals surface area (Å²) in [6, 6.07) is 0. The Morgan fingerprint density at radius 2 is 2.09 bits per heavy atom.